The Hall–Kier alpha value is -2.76. The molecule has 1 aromatic heterocycles. The van der Waals surface area contributed by atoms with E-state index in [9.17, 15) is 9.59 Å². The van der Waals surface area contributed by atoms with Gasteiger partial charge in [-0.15, -0.1) is 0 Å². The van der Waals surface area contributed by atoms with Gasteiger partial charge in [0, 0.05) is 6.42 Å². The summed E-state index contributed by atoms with van der Waals surface area (Å²) in [6.07, 6.45) is 0.819. The van der Waals surface area contributed by atoms with Crippen LogP contribution >= 0.6 is 0 Å². The zero-order valence-corrected chi connectivity index (χ0v) is 13.4. The van der Waals surface area contributed by atoms with Crippen LogP contribution in [0.5, 0.6) is 5.75 Å². The predicted molar refractivity (Wildman–Crippen MR) is 85.1 cm³/mol. The molecule has 0 unspecified atom stereocenters. The van der Waals surface area contributed by atoms with Gasteiger partial charge in [0.25, 0.3) is 5.91 Å². The molecular weight excluding hydrogens is 296 g/mol. The Bertz CT molecular complexity index is 706. The first-order chi connectivity index (χ1) is 11.0. The minimum absolute atomic E-state index is 0.261. The van der Waals surface area contributed by atoms with E-state index in [-0.39, 0.29) is 12.3 Å². The molecule has 2 aromatic rings. The maximum Gasteiger partial charge on any atom is 0.273 e. The van der Waals surface area contributed by atoms with E-state index in [0.717, 1.165) is 11.3 Å². The van der Waals surface area contributed by atoms with Gasteiger partial charge in [-0.2, -0.15) is 0 Å². The van der Waals surface area contributed by atoms with Crippen molar-refractivity contribution in [1.29, 1.82) is 0 Å². The maximum atomic E-state index is 11.9. The fourth-order valence-corrected chi connectivity index (χ4v) is 2.20. The lowest BCUT2D eigenvalue weighted by atomic mass is 10.1. The number of aryl methyl sites for hydroxylation is 3. The molecule has 0 saturated carbocycles. The normalized spacial score (nSPS) is 10.2. The number of nitrogens with one attached hydrogen (secondary N) is 2. The Balaban J connectivity index is 1.81. The van der Waals surface area contributed by atoms with Gasteiger partial charge in [0.05, 0.1) is 12.7 Å². The van der Waals surface area contributed by atoms with Crippen LogP contribution in [0, 0.1) is 13.8 Å². The van der Waals surface area contributed by atoms with Crippen LogP contribution in [0.1, 0.15) is 33.9 Å². The summed E-state index contributed by atoms with van der Waals surface area (Å²) in [5, 5.41) is 0. The zero-order valence-electron chi connectivity index (χ0n) is 13.4. The van der Waals surface area contributed by atoms with E-state index < -0.39 is 5.91 Å². The van der Waals surface area contributed by atoms with Crippen molar-refractivity contribution in [1.82, 2.24) is 10.9 Å². The molecule has 0 aliphatic carbocycles. The average Bonchev–Trinajstić information content (AvgIpc) is 2.89. The molecule has 1 aromatic carbocycles. The number of hydrogen-bond donors (Lipinski definition) is 2. The van der Waals surface area contributed by atoms with Crippen molar-refractivity contribution < 1.29 is 18.7 Å². The Morgan fingerprint density at radius 1 is 1.17 bits per heavy atom. The maximum absolute atomic E-state index is 11.9. The fourth-order valence-electron chi connectivity index (χ4n) is 2.20. The standard InChI is InChI=1S/C17H20N2O4/c1-11-9-15(12(2)23-11)17(21)19-18-16(20)8-7-13-5-4-6-14(10-13)22-3/h4-6,9-10H,7-8H2,1-3H3,(H,18,20)(H,19,21). The van der Waals surface area contributed by atoms with Gasteiger partial charge < -0.3 is 9.15 Å². The van der Waals surface area contributed by atoms with Gasteiger partial charge in [-0.05, 0) is 44.0 Å². The van der Waals surface area contributed by atoms with Crippen LogP contribution < -0.4 is 15.6 Å². The summed E-state index contributed by atoms with van der Waals surface area (Å²) in [6, 6.07) is 9.15. The molecule has 0 bridgehead atoms. The average molecular weight is 316 g/mol. The van der Waals surface area contributed by atoms with Crippen molar-refractivity contribution in [2.24, 2.45) is 0 Å². The Morgan fingerprint density at radius 2 is 1.96 bits per heavy atom. The summed E-state index contributed by atoms with van der Waals surface area (Å²) in [5.41, 5.74) is 6.20. The van der Waals surface area contributed by atoms with Crippen LogP contribution in [0.4, 0.5) is 0 Å². The van der Waals surface area contributed by atoms with Crippen molar-refractivity contribution in [3.63, 3.8) is 0 Å². The lowest BCUT2D eigenvalue weighted by Crippen LogP contribution is -2.41. The first-order valence-corrected chi connectivity index (χ1v) is 7.28. The molecule has 2 amide bonds. The van der Waals surface area contributed by atoms with E-state index in [1.54, 1.807) is 27.0 Å². The fraction of sp³-hybridized carbons (Fsp3) is 0.294. The van der Waals surface area contributed by atoms with E-state index in [2.05, 4.69) is 10.9 Å². The summed E-state index contributed by atoms with van der Waals surface area (Å²) in [4.78, 5) is 23.8. The van der Waals surface area contributed by atoms with Crippen LogP contribution in [0.2, 0.25) is 0 Å². The Morgan fingerprint density at radius 3 is 2.61 bits per heavy atom. The van der Waals surface area contributed by atoms with Gasteiger partial charge in [-0.1, -0.05) is 12.1 Å². The molecule has 0 radical (unpaired) electrons. The Kier molecular flexibility index (Phi) is 5.41. The van der Waals surface area contributed by atoms with E-state index >= 15 is 0 Å². The first-order valence-electron chi connectivity index (χ1n) is 7.28. The van der Waals surface area contributed by atoms with Crippen LogP contribution in [0.15, 0.2) is 34.7 Å². The molecule has 122 valence electrons. The second-order valence-electron chi connectivity index (χ2n) is 5.18. The molecule has 0 aliphatic rings. The molecule has 0 atom stereocenters. The number of carbonyl (C=O) groups is 2. The topological polar surface area (TPSA) is 80.6 Å². The highest BCUT2D eigenvalue weighted by Gasteiger charge is 2.14. The number of amides is 2. The number of benzene rings is 1. The van der Waals surface area contributed by atoms with Gasteiger partial charge in [0.15, 0.2) is 0 Å². The largest absolute Gasteiger partial charge is 0.497 e. The second kappa shape index (κ2) is 7.49. The number of hydrogen-bond acceptors (Lipinski definition) is 4. The molecule has 0 saturated heterocycles. The number of carbonyl (C=O) groups excluding carboxylic acids is 2. The molecule has 6 heteroatoms. The number of rotatable bonds is 5. The molecule has 0 aliphatic heterocycles. The van der Waals surface area contributed by atoms with Crippen LogP contribution in [-0.4, -0.2) is 18.9 Å². The summed E-state index contributed by atoms with van der Waals surface area (Å²) in [7, 11) is 1.60. The summed E-state index contributed by atoms with van der Waals surface area (Å²) in [5.74, 6) is 1.26. The summed E-state index contributed by atoms with van der Waals surface area (Å²) in [6.45, 7) is 3.46. The number of methoxy groups -OCH3 is 1. The van der Waals surface area contributed by atoms with Gasteiger partial charge in [0.1, 0.15) is 17.3 Å². The minimum atomic E-state index is -0.394. The van der Waals surface area contributed by atoms with E-state index in [1.807, 2.05) is 24.3 Å². The lowest BCUT2D eigenvalue weighted by molar-refractivity contribution is -0.121. The molecule has 0 fully saturated rings. The van der Waals surface area contributed by atoms with Gasteiger partial charge >= 0.3 is 0 Å². The highest BCUT2D eigenvalue weighted by molar-refractivity contribution is 5.96. The van der Waals surface area contributed by atoms with Crippen LogP contribution in [-0.2, 0) is 11.2 Å². The third-order valence-corrected chi connectivity index (χ3v) is 3.38. The van der Waals surface area contributed by atoms with E-state index in [1.165, 1.54) is 0 Å². The summed E-state index contributed by atoms with van der Waals surface area (Å²) < 4.78 is 10.4. The highest BCUT2D eigenvalue weighted by atomic mass is 16.5. The molecule has 6 nitrogen and oxygen atoms in total. The van der Waals surface area contributed by atoms with Crippen molar-refractivity contribution in [2.75, 3.05) is 7.11 Å². The van der Waals surface area contributed by atoms with E-state index in [4.69, 9.17) is 9.15 Å². The van der Waals surface area contributed by atoms with Gasteiger partial charge in [-0.25, -0.2) is 0 Å². The Labute approximate surface area is 134 Å². The number of ether oxygens (including phenoxy) is 1. The molecule has 0 spiro atoms. The molecule has 1 heterocycles. The molecule has 2 N–H and O–H groups in total. The highest BCUT2D eigenvalue weighted by Crippen LogP contribution is 2.14. The first kappa shape index (κ1) is 16.6. The van der Waals surface area contributed by atoms with Crippen molar-refractivity contribution in [3.8, 4) is 5.75 Å². The van der Waals surface area contributed by atoms with Crippen molar-refractivity contribution in [2.45, 2.75) is 26.7 Å². The zero-order chi connectivity index (χ0) is 16.8. The molecule has 23 heavy (non-hydrogen) atoms. The second-order valence-corrected chi connectivity index (χ2v) is 5.18. The lowest BCUT2D eigenvalue weighted by Gasteiger charge is -2.07. The molecule has 2 rings (SSSR count). The van der Waals surface area contributed by atoms with Crippen molar-refractivity contribution in [3.05, 3.63) is 53.0 Å². The van der Waals surface area contributed by atoms with Gasteiger partial charge in [-0.3, -0.25) is 20.4 Å². The SMILES string of the molecule is COc1cccc(CCC(=O)NNC(=O)c2cc(C)oc2C)c1. The van der Waals surface area contributed by atoms with Gasteiger partial charge in [0.2, 0.25) is 5.91 Å². The third-order valence-electron chi connectivity index (χ3n) is 3.38. The van der Waals surface area contributed by atoms with Crippen LogP contribution in [0.3, 0.4) is 0 Å². The quantitative estimate of drug-likeness (QED) is 0.829. The smallest absolute Gasteiger partial charge is 0.273 e. The minimum Gasteiger partial charge on any atom is -0.497 e. The predicted octanol–water partition coefficient (Wildman–Crippen LogP) is 2.30. The van der Waals surface area contributed by atoms with Crippen LogP contribution in [0.25, 0.3) is 0 Å². The van der Waals surface area contributed by atoms with Crippen molar-refractivity contribution >= 4 is 11.8 Å². The third kappa shape index (κ3) is 4.60. The van der Waals surface area contributed by atoms with E-state index in [0.29, 0.717) is 23.5 Å². The number of hydrazine groups is 1. The summed E-state index contributed by atoms with van der Waals surface area (Å²) >= 11 is 0. The monoisotopic (exact) mass is 316 g/mol. The number of furan rings is 1. The molecular formula is C17H20N2O4.